The average Bonchev–Trinajstić information content (AvgIpc) is 2.48. The fraction of sp³-hybridized carbons (Fsp3) is 0.188. The van der Waals surface area contributed by atoms with Crippen molar-refractivity contribution in [3.8, 4) is 0 Å². The first kappa shape index (κ1) is 15.5. The van der Waals surface area contributed by atoms with Crippen LogP contribution in [0.4, 0.5) is 10.1 Å². The fourth-order valence-corrected chi connectivity index (χ4v) is 2.32. The topological polar surface area (TPSA) is 38.3 Å². The maximum absolute atomic E-state index is 13.4. The number of hydrogen-bond donors (Lipinski definition) is 1. The molecule has 0 heterocycles. The van der Waals surface area contributed by atoms with Crippen LogP contribution in [0, 0.1) is 12.7 Å². The molecule has 2 aromatic carbocycles. The number of nitrogens with one attached hydrogen (secondary N) is 1. The SMILES string of the molecule is COC(=O)c1ccc(F)cc1NCc1ccc(C)c(Br)c1. The van der Waals surface area contributed by atoms with E-state index in [9.17, 15) is 9.18 Å². The van der Waals surface area contributed by atoms with Crippen LogP contribution >= 0.6 is 15.9 Å². The van der Waals surface area contributed by atoms with Gasteiger partial charge in [0.1, 0.15) is 5.82 Å². The highest BCUT2D eigenvalue weighted by Crippen LogP contribution is 2.21. The predicted octanol–water partition coefficient (Wildman–Crippen LogP) is 4.30. The van der Waals surface area contributed by atoms with Gasteiger partial charge in [-0.05, 0) is 42.3 Å². The number of esters is 1. The number of ether oxygens (including phenoxy) is 1. The van der Waals surface area contributed by atoms with E-state index < -0.39 is 11.8 Å². The summed E-state index contributed by atoms with van der Waals surface area (Å²) in [6.45, 7) is 2.48. The molecule has 2 aromatic rings. The number of carbonyl (C=O) groups excluding carboxylic acids is 1. The van der Waals surface area contributed by atoms with Gasteiger partial charge in [0.15, 0.2) is 0 Å². The van der Waals surface area contributed by atoms with Crippen molar-refractivity contribution >= 4 is 27.6 Å². The number of anilines is 1. The lowest BCUT2D eigenvalue weighted by molar-refractivity contribution is 0.0602. The second kappa shape index (κ2) is 6.72. The van der Waals surface area contributed by atoms with Gasteiger partial charge >= 0.3 is 5.97 Å². The molecule has 0 amide bonds. The molecular formula is C16H15BrFNO2. The summed E-state index contributed by atoms with van der Waals surface area (Å²) < 4.78 is 19.1. The van der Waals surface area contributed by atoms with E-state index in [1.165, 1.54) is 25.3 Å². The van der Waals surface area contributed by atoms with Gasteiger partial charge in [-0.15, -0.1) is 0 Å². The molecule has 0 atom stereocenters. The van der Waals surface area contributed by atoms with E-state index in [1.807, 2.05) is 25.1 Å². The van der Waals surface area contributed by atoms with Gasteiger partial charge < -0.3 is 10.1 Å². The summed E-state index contributed by atoms with van der Waals surface area (Å²) in [5.41, 5.74) is 2.89. The maximum atomic E-state index is 13.4. The summed E-state index contributed by atoms with van der Waals surface area (Å²) in [5, 5.41) is 3.07. The minimum atomic E-state index is -0.498. The minimum Gasteiger partial charge on any atom is -0.465 e. The molecule has 3 nitrogen and oxygen atoms in total. The molecule has 110 valence electrons. The van der Waals surface area contributed by atoms with Gasteiger partial charge in [0, 0.05) is 11.0 Å². The van der Waals surface area contributed by atoms with Crippen molar-refractivity contribution in [1.82, 2.24) is 0 Å². The monoisotopic (exact) mass is 351 g/mol. The van der Waals surface area contributed by atoms with E-state index >= 15 is 0 Å². The van der Waals surface area contributed by atoms with Crippen LogP contribution in [0.25, 0.3) is 0 Å². The molecule has 0 fully saturated rings. The Morgan fingerprint density at radius 2 is 2.05 bits per heavy atom. The zero-order valence-electron chi connectivity index (χ0n) is 11.7. The smallest absolute Gasteiger partial charge is 0.339 e. The molecule has 0 aliphatic heterocycles. The average molecular weight is 352 g/mol. The molecule has 2 rings (SSSR count). The molecular weight excluding hydrogens is 337 g/mol. The quantitative estimate of drug-likeness (QED) is 0.834. The Morgan fingerprint density at radius 1 is 1.29 bits per heavy atom. The highest BCUT2D eigenvalue weighted by atomic mass is 79.9. The van der Waals surface area contributed by atoms with Gasteiger partial charge in [0.05, 0.1) is 18.4 Å². The lowest BCUT2D eigenvalue weighted by atomic mass is 10.1. The molecule has 0 unspecified atom stereocenters. The van der Waals surface area contributed by atoms with Crippen LogP contribution in [0.2, 0.25) is 0 Å². The zero-order valence-corrected chi connectivity index (χ0v) is 13.3. The lowest BCUT2D eigenvalue weighted by Gasteiger charge is -2.11. The van der Waals surface area contributed by atoms with Crippen LogP contribution in [-0.4, -0.2) is 13.1 Å². The summed E-state index contributed by atoms with van der Waals surface area (Å²) >= 11 is 3.47. The molecule has 0 aromatic heterocycles. The summed E-state index contributed by atoms with van der Waals surface area (Å²) in [6, 6.07) is 9.89. The summed E-state index contributed by atoms with van der Waals surface area (Å²) in [7, 11) is 1.30. The van der Waals surface area contributed by atoms with E-state index in [0.29, 0.717) is 17.8 Å². The van der Waals surface area contributed by atoms with Crippen LogP contribution in [0.15, 0.2) is 40.9 Å². The fourth-order valence-electron chi connectivity index (χ4n) is 1.89. The van der Waals surface area contributed by atoms with Crippen LogP contribution < -0.4 is 5.32 Å². The normalized spacial score (nSPS) is 10.3. The van der Waals surface area contributed by atoms with Crippen LogP contribution in [0.1, 0.15) is 21.5 Å². The highest BCUT2D eigenvalue weighted by Gasteiger charge is 2.12. The van der Waals surface area contributed by atoms with Crippen molar-refractivity contribution in [3.05, 3.63) is 63.4 Å². The third-order valence-corrected chi connectivity index (χ3v) is 3.96. The van der Waals surface area contributed by atoms with Crippen LogP contribution in [0.5, 0.6) is 0 Å². The predicted molar refractivity (Wildman–Crippen MR) is 83.9 cm³/mol. The first-order valence-corrected chi connectivity index (χ1v) is 7.17. The second-order valence-corrected chi connectivity index (χ2v) is 5.47. The number of methoxy groups -OCH3 is 1. The van der Waals surface area contributed by atoms with Crippen molar-refractivity contribution in [2.45, 2.75) is 13.5 Å². The first-order valence-electron chi connectivity index (χ1n) is 6.38. The zero-order chi connectivity index (χ0) is 15.4. The molecule has 0 aliphatic rings. The number of carbonyl (C=O) groups is 1. The molecule has 21 heavy (non-hydrogen) atoms. The van der Waals surface area contributed by atoms with Gasteiger partial charge in [-0.3, -0.25) is 0 Å². The van der Waals surface area contributed by atoms with Crippen molar-refractivity contribution < 1.29 is 13.9 Å². The van der Waals surface area contributed by atoms with E-state index in [2.05, 4.69) is 21.2 Å². The van der Waals surface area contributed by atoms with Crippen LogP contribution in [-0.2, 0) is 11.3 Å². The Kier molecular flexibility index (Phi) is 4.96. The third kappa shape index (κ3) is 3.82. The Labute approximate surface area is 131 Å². The number of hydrogen-bond acceptors (Lipinski definition) is 3. The van der Waals surface area contributed by atoms with Crippen molar-refractivity contribution in [3.63, 3.8) is 0 Å². The minimum absolute atomic E-state index is 0.310. The molecule has 1 N–H and O–H groups in total. The largest absolute Gasteiger partial charge is 0.465 e. The molecule has 0 radical (unpaired) electrons. The Balaban J connectivity index is 2.20. The van der Waals surface area contributed by atoms with Crippen molar-refractivity contribution in [1.29, 1.82) is 0 Å². The number of rotatable bonds is 4. The molecule has 5 heteroatoms. The molecule has 0 saturated heterocycles. The highest BCUT2D eigenvalue weighted by molar-refractivity contribution is 9.10. The second-order valence-electron chi connectivity index (χ2n) is 4.62. The van der Waals surface area contributed by atoms with E-state index in [0.717, 1.165) is 15.6 Å². The van der Waals surface area contributed by atoms with Gasteiger partial charge in [-0.25, -0.2) is 9.18 Å². The molecule has 0 bridgehead atoms. The summed E-state index contributed by atoms with van der Waals surface area (Å²) in [5.74, 6) is -0.905. The molecule has 0 aliphatic carbocycles. The third-order valence-electron chi connectivity index (χ3n) is 3.11. The first-order chi connectivity index (χ1) is 10.0. The van der Waals surface area contributed by atoms with E-state index in [1.54, 1.807) is 0 Å². The van der Waals surface area contributed by atoms with Gasteiger partial charge in [0.2, 0.25) is 0 Å². The molecule has 0 spiro atoms. The van der Waals surface area contributed by atoms with Gasteiger partial charge in [-0.2, -0.15) is 0 Å². The van der Waals surface area contributed by atoms with E-state index in [4.69, 9.17) is 4.74 Å². The number of aryl methyl sites for hydroxylation is 1. The van der Waals surface area contributed by atoms with Gasteiger partial charge in [0.25, 0.3) is 0 Å². The van der Waals surface area contributed by atoms with Crippen molar-refractivity contribution in [2.24, 2.45) is 0 Å². The van der Waals surface area contributed by atoms with Crippen molar-refractivity contribution in [2.75, 3.05) is 12.4 Å². The Bertz CT molecular complexity index is 673. The Morgan fingerprint density at radius 3 is 2.71 bits per heavy atom. The molecule has 0 saturated carbocycles. The summed E-state index contributed by atoms with van der Waals surface area (Å²) in [4.78, 5) is 11.7. The van der Waals surface area contributed by atoms with Crippen LogP contribution in [0.3, 0.4) is 0 Å². The van der Waals surface area contributed by atoms with E-state index in [-0.39, 0.29) is 0 Å². The maximum Gasteiger partial charge on any atom is 0.339 e. The van der Waals surface area contributed by atoms with Gasteiger partial charge in [-0.1, -0.05) is 28.1 Å². The lowest BCUT2D eigenvalue weighted by Crippen LogP contribution is -2.08. The standard InChI is InChI=1S/C16H15BrFNO2/c1-10-3-4-11(7-14(10)17)9-19-15-8-12(18)5-6-13(15)16(20)21-2/h3-8,19H,9H2,1-2H3. The number of halogens is 2. The Hall–Kier alpha value is -1.88. The summed E-state index contributed by atoms with van der Waals surface area (Å²) in [6.07, 6.45) is 0. The number of benzene rings is 2.